The predicted octanol–water partition coefficient (Wildman–Crippen LogP) is 0.870. The summed E-state index contributed by atoms with van der Waals surface area (Å²) in [6.45, 7) is 6.28. The molecule has 4 N–H and O–H groups in total. The highest BCUT2D eigenvalue weighted by Crippen LogP contribution is 2.22. The molecule has 11 heteroatoms. The number of amides is 1. The second-order valence-corrected chi connectivity index (χ2v) is 7.92. The van der Waals surface area contributed by atoms with Crippen LogP contribution < -0.4 is 21.3 Å². The topological polar surface area (TPSA) is 126 Å². The van der Waals surface area contributed by atoms with E-state index in [9.17, 15) is 4.79 Å². The molecule has 172 valence electrons. The second-order valence-electron chi connectivity index (χ2n) is 7.92. The van der Waals surface area contributed by atoms with E-state index >= 15 is 0 Å². The quantitative estimate of drug-likeness (QED) is 0.520. The van der Waals surface area contributed by atoms with Gasteiger partial charge in [-0.05, 0) is 36.4 Å². The smallest absolute Gasteiger partial charge is 0.255 e. The lowest BCUT2D eigenvalue weighted by atomic mass is 10.2. The summed E-state index contributed by atoms with van der Waals surface area (Å²) in [6.07, 6.45) is 1.55. The summed E-state index contributed by atoms with van der Waals surface area (Å²) < 4.78 is 6.86. The number of carbonyl (C=O) groups is 1. The number of nitrogens with two attached hydrogens (primary N) is 1. The highest BCUT2D eigenvalue weighted by molar-refractivity contribution is 5.94. The van der Waals surface area contributed by atoms with Crippen molar-refractivity contribution in [3.05, 3.63) is 48.2 Å². The first-order valence-electron chi connectivity index (χ1n) is 11.1. The van der Waals surface area contributed by atoms with Gasteiger partial charge in [0.2, 0.25) is 11.9 Å². The normalized spacial score (nSPS) is 16.6. The minimum atomic E-state index is -0.0232. The number of hydrogen-bond donors (Lipinski definition) is 3. The molecule has 1 aromatic carbocycles. The highest BCUT2D eigenvalue weighted by atomic mass is 16.5. The van der Waals surface area contributed by atoms with Crippen LogP contribution in [0.5, 0.6) is 0 Å². The Morgan fingerprint density at radius 1 is 1.03 bits per heavy atom. The number of benzene rings is 1. The maximum Gasteiger partial charge on any atom is 0.255 e. The monoisotopic (exact) mass is 449 g/mol. The van der Waals surface area contributed by atoms with Gasteiger partial charge in [0.05, 0.1) is 18.8 Å². The number of pyridine rings is 1. The Kier molecular flexibility index (Phi) is 6.05. The third kappa shape index (κ3) is 4.73. The predicted molar refractivity (Wildman–Crippen MR) is 125 cm³/mol. The van der Waals surface area contributed by atoms with Gasteiger partial charge in [-0.25, -0.2) is 4.98 Å². The number of piperazine rings is 1. The van der Waals surface area contributed by atoms with Crippen LogP contribution in [0.15, 0.2) is 42.6 Å². The number of anilines is 4. The molecule has 5 rings (SSSR count). The van der Waals surface area contributed by atoms with Crippen molar-refractivity contribution < 1.29 is 9.53 Å². The molecule has 0 saturated carbocycles. The third-order valence-electron chi connectivity index (χ3n) is 5.75. The fourth-order valence-electron chi connectivity index (χ4n) is 3.94. The number of morpholine rings is 1. The molecule has 0 atom stereocenters. The van der Waals surface area contributed by atoms with Gasteiger partial charge in [0.25, 0.3) is 5.91 Å². The van der Waals surface area contributed by atoms with Gasteiger partial charge in [-0.1, -0.05) is 0 Å². The molecule has 0 radical (unpaired) electrons. The van der Waals surface area contributed by atoms with E-state index in [1.54, 1.807) is 18.3 Å². The summed E-state index contributed by atoms with van der Waals surface area (Å²) in [5, 5.41) is 10.8. The van der Waals surface area contributed by atoms with Gasteiger partial charge in [0.1, 0.15) is 0 Å². The Labute approximate surface area is 191 Å². The molecule has 4 heterocycles. The Bertz CT molecular complexity index is 1090. The number of aromatic nitrogens is 4. The van der Waals surface area contributed by atoms with Crippen LogP contribution in [0.1, 0.15) is 10.4 Å². The van der Waals surface area contributed by atoms with Crippen LogP contribution in [-0.2, 0) is 4.74 Å². The third-order valence-corrected chi connectivity index (χ3v) is 5.75. The summed E-state index contributed by atoms with van der Waals surface area (Å²) in [5.74, 6) is 1.04. The number of hydrogen-bond acceptors (Lipinski definition) is 9. The van der Waals surface area contributed by atoms with Crippen molar-refractivity contribution in [2.24, 2.45) is 0 Å². The van der Waals surface area contributed by atoms with E-state index in [4.69, 9.17) is 10.5 Å². The van der Waals surface area contributed by atoms with Gasteiger partial charge in [-0.15, -0.1) is 5.10 Å². The second kappa shape index (κ2) is 9.43. The van der Waals surface area contributed by atoms with Crippen molar-refractivity contribution >= 4 is 29.2 Å². The average Bonchev–Trinajstić information content (AvgIpc) is 3.25. The lowest BCUT2D eigenvalue weighted by Crippen LogP contribution is -2.46. The van der Waals surface area contributed by atoms with Crippen molar-refractivity contribution in [1.29, 1.82) is 0 Å². The molecule has 3 aromatic rings. The van der Waals surface area contributed by atoms with Crippen LogP contribution in [0.2, 0.25) is 0 Å². The van der Waals surface area contributed by atoms with E-state index < -0.39 is 0 Å². The summed E-state index contributed by atoms with van der Waals surface area (Å²) in [5.41, 5.74) is 8.62. The van der Waals surface area contributed by atoms with Gasteiger partial charge >= 0.3 is 0 Å². The SMILES string of the molecule is Nc1nc(Nc2ccc(N3CCOCC3)cc2)nn1-c1ccc(C(=O)N2CCNCC2)cn1. The molecule has 0 bridgehead atoms. The average molecular weight is 450 g/mol. The molecule has 2 fully saturated rings. The van der Waals surface area contributed by atoms with Crippen molar-refractivity contribution in [2.75, 3.05) is 68.4 Å². The first-order valence-corrected chi connectivity index (χ1v) is 11.1. The summed E-state index contributed by atoms with van der Waals surface area (Å²) in [4.78, 5) is 25.4. The standard InChI is InChI=1S/C22H27N9O2/c23-21-27-22(26-17-2-4-18(5-3-17)29-11-13-33-14-12-29)28-31(21)19-6-1-16(15-25-19)20(32)30-9-7-24-8-10-30/h1-6,15,24H,7-14H2,(H3,23,26,27,28). The minimum Gasteiger partial charge on any atom is -0.378 e. The number of rotatable bonds is 5. The molecule has 2 aromatic heterocycles. The Hall–Kier alpha value is -3.70. The number of ether oxygens (including phenoxy) is 1. The Morgan fingerprint density at radius 2 is 1.79 bits per heavy atom. The lowest BCUT2D eigenvalue weighted by molar-refractivity contribution is 0.0735. The number of nitrogens with zero attached hydrogens (tertiary/aromatic N) is 6. The van der Waals surface area contributed by atoms with Crippen molar-refractivity contribution in [3.63, 3.8) is 0 Å². The van der Waals surface area contributed by atoms with E-state index in [2.05, 4.69) is 42.7 Å². The van der Waals surface area contributed by atoms with E-state index in [1.165, 1.54) is 4.68 Å². The Balaban J connectivity index is 1.26. The van der Waals surface area contributed by atoms with E-state index in [-0.39, 0.29) is 11.9 Å². The van der Waals surface area contributed by atoms with Gasteiger partial charge in [0.15, 0.2) is 5.82 Å². The molecular weight excluding hydrogens is 422 g/mol. The molecule has 11 nitrogen and oxygen atoms in total. The molecule has 1 amide bonds. The maximum atomic E-state index is 12.6. The Morgan fingerprint density at radius 3 is 2.48 bits per heavy atom. The van der Waals surface area contributed by atoms with Crippen molar-refractivity contribution in [1.82, 2.24) is 30.0 Å². The van der Waals surface area contributed by atoms with Crippen LogP contribution in [-0.4, -0.2) is 83.0 Å². The van der Waals surface area contributed by atoms with E-state index in [1.807, 2.05) is 17.0 Å². The van der Waals surface area contributed by atoms with E-state index in [0.29, 0.717) is 30.4 Å². The largest absolute Gasteiger partial charge is 0.378 e. The van der Waals surface area contributed by atoms with Crippen molar-refractivity contribution in [2.45, 2.75) is 0 Å². The molecule has 2 aliphatic heterocycles. The van der Waals surface area contributed by atoms with Crippen LogP contribution in [0.4, 0.5) is 23.3 Å². The fraction of sp³-hybridized carbons (Fsp3) is 0.364. The zero-order valence-electron chi connectivity index (χ0n) is 18.3. The molecule has 0 unspecified atom stereocenters. The molecular formula is C22H27N9O2. The maximum absolute atomic E-state index is 12.6. The summed E-state index contributed by atoms with van der Waals surface area (Å²) in [7, 11) is 0. The summed E-state index contributed by atoms with van der Waals surface area (Å²) in [6, 6.07) is 11.5. The molecule has 33 heavy (non-hydrogen) atoms. The summed E-state index contributed by atoms with van der Waals surface area (Å²) >= 11 is 0. The first kappa shape index (κ1) is 21.2. The number of nitrogen functional groups attached to an aromatic ring is 1. The van der Waals surface area contributed by atoms with Gasteiger partial charge in [0, 0.05) is 56.8 Å². The number of carbonyl (C=O) groups excluding carboxylic acids is 1. The van der Waals surface area contributed by atoms with Gasteiger partial charge < -0.3 is 30.9 Å². The van der Waals surface area contributed by atoms with Crippen molar-refractivity contribution in [3.8, 4) is 5.82 Å². The molecule has 0 aliphatic carbocycles. The fourth-order valence-corrected chi connectivity index (χ4v) is 3.94. The lowest BCUT2D eigenvalue weighted by Gasteiger charge is -2.28. The molecule has 0 spiro atoms. The van der Waals surface area contributed by atoms with E-state index in [0.717, 1.165) is 50.8 Å². The van der Waals surface area contributed by atoms with Crippen LogP contribution >= 0.6 is 0 Å². The molecule has 2 saturated heterocycles. The van der Waals surface area contributed by atoms with Gasteiger partial charge in [-0.2, -0.15) is 9.67 Å². The first-order chi connectivity index (χ1) is 16.2. The zero-order chi connectivity index (χ0) is 22.6. The number of nitrogens with one attached hydrogen (secondary N) is 2. The van der Waals surface area contributed by atoms with Crippen LogP contribution in [0.3, 0.4) is 0 Å². The highest BCUT2D eigenvalue weighted by Gasteiger charge is 2.19. The minimum absolute atomic E-state index is 0.0232. The molecule has 2 aliphatic rings. The van der Waals surface area contributed by atoms with Crippen LogP contribution in [0, 0.1) is 0 Å². The zero-order valence-corrected chi connectivity index (χ0v) is 18.3. The van der Waals surface area contributed by atoms with Crippen LogP contribution in [0.25, 0.3) is 5.82 Å². The van der Waals surface area contributed by atoms with Gasteiger partial charge in [-0.3, -0.25) is 4.79 Å².